The number of nitrogens with zero attached hydrogens (tertiary/aromatic N) is 4. The molecule has 1 saturated carbocycles. The average molecular weight is 568 g/mol. The number of aryl methyl sites for hydroxylation is 2. The molecule has 0 saturated heterocycles. The maximum atomic E-state index is 14.5. The smallest absolute Gasteiger partial charge is 0.280 e. The first-order valence-corrected chi connectivity index (χ1v) is 14.2. The van der Waals surface area contributed by atoms with Gasteiger partial charge in [-0.25, -0.2) is 4.98 Å². The lowest BCUT2D eigenvalue weighted by atomic mass is 9.86. The van der Waals surface area contributed by atoms with Crippen molar-refractivity contribution in [3.8, 4) is 17.1 Å². The zero-order valence-corrected chi connectivity index (χ0v) is 24.3. The number of pyridine rings is 1. The number of nitrogens with one attached hydrogen (secondary N) is 1. The fraction of sp³-hybridized carbons (Fsp3) is 0.312. The number of fused-ring (bicyclic) bond motifs is 4. The van der Waals surface area contributed by atoms with E-state index in [1.54, 1.807) is 20.1 Å². The van der Waals surface area contributed by atoms with Crippen molar-refractivity contribution >= 4 is 34.8 Å². The number of aromatic nitrogens is 3. The first-order chi connectivity index (χ1) is 19.7. The van der Waals surface area contributed by atoms with Crippen LogP contribution in [0.3, 0.4) is 0 Å². The van der Waals surface area contributed by atoms with Crippen LogP contribution in [-0.4, -0.2) is 33.5 Å². The van der Waals surface area contributed by atoms with Gasteiger partial charge < -0.3 is 14.6 Å². The predicted molar refractivity (Wildman–Crippen MR) is 158 cm³/mol. The maximum Gasteiger partial charge on any atom is 0.280 e. The molecule has 1 atom stereocenters. The third-order valence-electron chi connectivity index (χ3n) is 8.44. The standard InChI is InChI=1S/C32H30ClN5O3/c1-16(2)37-28-27(36-29(37)22-10-9-20(19-7-8-19)13-26(22)41-5)30(39)38(25-14-21(33)15-34-18(25)4)32(28)23-11-6-17(3)12-24(23)35-31(32)40/h6,9-16,19H,7-8H2,1-5H3,(H,35,40). The summed E-state index contributed by atoms with van der Waals surface area (Å²) in [4.78, 5) is 39.9. The number of anilines is 2. The second-order valence-electron chi connectivity index (χ2n) is 11.4. The van der Waals surface area contributed by atoms with Gasteiger partial charge >= 0.3 is 0 Å². The summed E-state index contributed by atoms with van der Waals surface area (Å²) in [6.45, 7) is 7.85. The Kier molecular flexibility index (Phi) is 5.60. The van der Waals surface area contributed by atoms with E-state index in [9.17, 15) is 9.59 Å². The van der Waals surface area contributed by atoms with Gasteiger partial charge in [0.15, 0.2) is 11.2 Å². The van der Waals surface area contributed by atoms with E-state index in [4.69, 9.17) is 21.3 Å². The quantitative estimate of drug-likeness (QED) is 0.296. The Balaban J connectivity index is 1.55. The number of halogens is 1. The monoisotopic (exact) mass is 567 g/mol. The molecule has 3 aliphatic rings. The minimum atomic E-state index is -1.51. The molecule has 8 nitrogen and oxygen atoms in total. The van der Waals surface area contributed by atoms with E-state index >= 15 is 0 Å². The number of carbonyl (C=O) groups is 2. The van der Waals surface area contributed by atoms with Crippen LogP contribution >= 0.6 is 11.6 Å². The predicted octanol–water partition coefficient (Wildman–Crippen LogP) is 6.54. The van der Waals surface area contributed by atoms with Crippen LogP contribution in [0.4, 0.5) is 11.4 Å². The molecule has 7 rings (SSSR count). The first kappa shape index (κ1) is 25.8. The molecule has 1 unspecified atom stereocenters. The summed E-state index contributed by atoms with van der Waals surface area (Å²) in [5.41, 5.74) is 4.65. The molecule has 1 N–H and O–H groups in total. The van der Waals surface area contributed by atoms with Crippen molar-refractivity contribution in [3.63, 3.8) is 0 Å². The Labute approximate surface area is 243 Å². The summed E-state index contributed by atoms with van der Waals surface area (Å²) >= 11 is 6.40. The van der Waals surface area contributed by atoms with Crippen molar-refractivity contribution < 1.29 is 14.3 Å². The Morgan fingerprint density at radius 1 is 1.10 bits per heavy atom. The largest absolute Gasteiger partial charge is 0.496 e. The van der Waals surface area contributed by atoms with Crippen LogP contribution in [0.2, 0.25) is 5.02 Å². The number of carbonyl (C=O) groups excluding carboxylic acids is 2. The molecule has 1 fully saturated rings. The van der Waals surface area contributed by atoms with Crippen LogP contribution in [0.5, 0.6) is 5.75 Å². The summed E-state index contributed by atoms with van der Waals surface area (Å²) < 4.78 is 7.87. The molecule has 0 radical (unpaired) electrons. The minimum Gasteiger partial charge on any atom is -0.496 e. The zero-order valence-electron chi connectivity index (χ0n) is 23.6. The molecule has 208 valence electrons. The van der Waals surface area contributed by atoms with E-state index in [0.29, 0.717) is 50.8 Å². The molecular formula is C32H30ClN5O3. The van der Waals surface area contributed by atoms with Crippen molar-refractivity contribution in [2.75, 3.05) is 17.3 Å². The van der Waals surface area contributed by atoms with Crippen molar-refractivity contribution in [3.05, 3.63) is 87.5 Å². The van der Waals surface area contributed by atoms with Gasteiger partial charge in [0.1, 0.15) is 11.6 Å². The highest BCUT2D eigenvalue weighted by molar-refractivity contribution is 6.31. The lowest BCUT2D eigenvalue weighted by Gasteiger charge is -2.36. The minimum absolute atomic E-state index is 0.139. The van der Waals surface area contributed by atoms with Crippen molar-refractivity contribution in [1.82, 2.24) is 14.5 Å². The highest BCUT2D eigenvalue weighted by Gasteiger charge is 2.64. The third kappa shape index (κ3) is 3.53. The molecule has 2 aromatic carbocycles. The van der Waals surface area contributed by atoms with Crippen molar-refractivity contribution in [2.45, 2.75) is 58.0 Å². The number of benzene rings is 2. The molecule has 41 heavy (non-hydrogen) atoms. The first-order valence-electron chi connectivity index (χ1n) is 13.9. The Morgan fingerprint density at radius 3 is 2.59 bits per heavy atom. The van der Waals surface area contributed by atoms with Gasteiger partial charge in [-0.1, -0.05) is 29.8 Å². The van der Waals surface area contributed by atoms with Crippen LogP contribution < -0.4 is 15.0 Å². The molecular weight excluding hydrogens is 538 g/mol. The van der Waals surface area contributed by atoms with E-state index in [1.807, 2.05) is 49.6 Å². The molecule has 4 heterocycles. The number of imidazole rings is 1. The summed E-state index contributed by atoms with van der Waals surface area (Å²) in [7, 11) is 1.65. The van der Waals surface area contributed by atoms with E-state index in [1.165, 1.54) is 29.5 Å². The molecule has 1 aliphatic carbocycles. The van der Waals surface area contributed by atoms with E-state index in [-0.39, 0.29) is 23.6 Å². The second kappa shape index (κ2) is 8.91. The molecule has 0 bridgehead atoms. The SMILES string of the molecule is COc1cc(C2CC2)ccc1-c1nc2c(n1C(C)C)C1(C(=O)Nc3cc(C)ccc31)N(c1cc(Cl)cnc1C)C2=O. The molecule has 2 aliphatic heterocycles. The van der Waals surface area contributed by atoms with Gasteiger partial charge in [0.2, 0.25) is 0 Å². The molecule has 9 heteroatoms. The van der Waals surface area contributed by atoms with Gasteiger partial charge in [-0.2, -0.15) is 0 Å². The van der Waals surface area contributed by atoms with Crippen LogP contribution in [0.25, 0.3) is 11.4 Å². The summed E-state index contributed by atoms with van der Waals surface area (Å²) in [5, 5.41) is 3.45. The summed E-state index contributed by atoms with van der Waals surface area (Å²) in [6, 6.07) is 13.6. The van der Waals surface area contributed by atoms with Gasteiger partial charge in [-0.3, -0.25) is 19.5 Å². The number of amides is 2. The summed E-state index contributed by atoms with van der Waals surface area (Å²) in [6.07, 6.45) is 3.89. The topological polar surface area (TPSA) is 89.3 Å². The van der Waals surface area contributed by atoms with Crippen LogP contribution in [0.15, 0.2) is 48.7 Å². The molecule has 2 amide bonds. The van der Waals surface area contributed by atoms with E-state index < -0.39 is 5.54 Å². The van der Waals surface area contributed by atoms with Gasteiger partial charge in [0.25, 0.3) is 11.8 Å². The van der Waals surface area contributed by atoms with Crippen molar-refractivity contribution in [2.24, 2.45) is 0 Å². The number of hydrogen-bond donors (Lipinski definition) is 1. The lowest BCUT2D eigenvalue weighted by molar-refractivity contribution is -0.119. The van der Waals surface area contributed by atoms with E-state index in [2.05, 4.69) is 22.4 Å². The van der Waals surface area contributed by atoms with Gasteiger partial charge in [-0.05, 0) is 81.8 Å². The van der Waals surface area contributed by atoms with Crippen molar-refractivity contribution in [1.29, 1.82) is 0 Å². The lowest BCUT2D eigenvalue weighted by Crippen LogP contribution is -2.51. The zero-order chi connectivity index (χ0) is 28.8. The number of rotatable bonds is 5. The van der Waals surface area contributed by atoms with Gasteiger partial charge in [0, 0.05) is 23.5 Å². The Bertz CT molecular complexity index is 1790. The molecule has 2 aromatic heterocycles. The summed E-state index contributed by atoms with van der Waals surface area (Å²) in [5.74, 6) is 1.13. The normalized spacial score (nSPS) is 19.2. The fourth-order valence-electron chi connectivity index (χ4n) is 6.43. The average Bonchev–Trinajstić information content (AvgIpc) is 3.59. The van der Waals surface area contributed by atoms with Crippen LogP contribution in [0.1, 0.15) is 77.2 Å². The third-order valence-corrected chi connectivity index (χ3v) is 8.64. The number of methoxy groups -OCH3 is 1. The second-order valence-corrected chi connectivity index (χ2v) is 11.9. The van der Waals surface area contributed by atoms with Crippen LogP contribution in [0, 0.1) is 13.8 Å². The number of hydrogen-bond acceptors (Lipinski definition) is 5. The highest BCUT2D eigenvalue weighted by Crippen LogP contribution is 2.55. The van der Waals surface area contributed by atoms with E-state index in [0.717, 1.165) is 11.1 Å². The molecule has 4 aromatic rings. The number of ether oxygens (including phenoxy) is 1. The maximum absolute atomic E-state index is 14.5. The Hall–Kier alpha value is -4.17. The molecule has 1 spiro atoms. The van der Waals surface area contributed by atoms with Crippen LogP contribution in [-0.2, 0) is 10.3 Å². The van der Waals surface area contributed by atoms with Gasteiger partial charge in [-0.15, -0.1) is 0 Å². The highest BCUT2D eigenvalue weighted by atomic mass is 35.5. The Morgan fingerprint density at radius 2 is 1.88 bits per heavy atom. The van der Waals surface area contributed by atoms with Gasteiger partial charge in [0.05, 0.1) is 34.8 Å². The fourth-order valence-corrected chi connectivity index (χ4v) is 6.58.